The van der Waals surface area contributed by atoms with E-state index in [-0.39, 0.29) is 12.3 Å². The molecule has 0 radical (unpaired) electrons. The molecule has 0 aromatic heterocycles. The Kier molecular flexibility index (Phi) is 8.99. The zero-order valence-corrected chi connectivity index (χ0v) is 22.7. The highest BCUT2D eigenvalue weighted by molar-refractivity contribution is 7.76. The van der Waals surface area contributed by atoms with Crippen LogP contribution in [-0.4, -0.2) is 67.4 Å². The number of fused-ring (bicyclic) bond motifs is 1. The molecule has 39 heavy (non-hydrogen) atoms. The highest BCUT2D eigenvalue weighted by atomic mass is 32.2. The number of aliphatic carboxylic acids is 1. The molecule has 0 saturated carbocycles. The van der Waals surface area contributed by atoms with Crippen LogP contribution in [0.3, 0.4) is 0 Å². The number of hydrogen-bond donors (Lipinski definition) is 2. The van der Waals surface area contributed by atoms with Crippen molar-refractivity contribution in [2.75, 3.05) is 31.1 Å². The van der Waals surface area contributed by atoms with E-state index in [1.54, 1.807) is 17.1 Å². The number of carbonyl (C=O) groups is 2. The normalized spacial score (nSPS) is 15.7. The van der Waals surface area contributed by atoms with Gasteiger partial charge in [0.2, 0.25) is 5.91 Å². The summed E-state index contributed by atoms with van der Waals surface area (Å²) in [5.41, 5.74) is 8.55. The number of rotatable bonds is 8. The van der Waals surface area contributed by atoms with Gasteiger partial charge in [-0.05, 0) is 65.6 Å². The fourth-order valence-corrected chi connectivity index (χ4v) is 5.48. The predicted molar refractivity (Wildman–Crippen MR) is 150 cm³/mol. The fraction of sp³-hybridized carbons (Fsp3) is 0.310. The molecule has 3 aromatic carbocycles. The maximum Gasteiger partial charge on any atom is 0.323 e. The van der Waals surface area contributed by atoms with Crippen molar-refractivity contribution in [2.45, 2.75) is 26.3 Å². The molecular weight excluding hydrogens is 516 g/mol. The van der Waals surface area contributed by atoms with Crippen LogP contribution in [-0.2, 0) is 16.1 Å². The van der Waals surface area contributed by atoms with Crippen LogP contribution in [0.2, 0.25) is 0 Å². The van der Waals surface area contributed by atoms with Gasteiger partial charge < -0.3 is 20.3 Å². The van der Waals surface area contributed by atoms with Gasteiger partial charge in [-0.25, -0.2) is 5.01 Å². The molecule has 204 valence electrons. The Morgan fingerprint density at radius 3 is 2.26 bits per heavy atom. The summed E-state index contributed by atoms with van der Waals surface area (Å²) in [6, 6.07) is 17.8. The Morgan fingerprint density at radius 1 is 1.03 bits per heavy atom. The average Bonchev–Trinajstić information content (AvgIpc) is 2.91. The number of carboxylic acids is 1. The molecule has 1 heterocycles. The molecule has 10 heteroatoms. The molecular formula is C29H31N4O5S-. The summed E-state index contributed by atoms with van der Waals surface area (Å²) >= 11 is -2.69. The number of anilines is 1. The minimum Gasteiger partial charge on any atom is -0.759 e. The van der Waals surface area contributed by atoms with E-state index >= 15 is 0 Å². The van der Waals surface area contributed by atoms with Gasteiger partial charge >= 0.3 is 5.97 Å². The lowest BCUT2D eigenvalue weighted by Crippen LogP contribution is -2.59. The van der Waals surface area contributed by atoms with Crippen molar-refractivity contribution in [3.63, 3.8) is 0 Å². The van der Waals surface area contributed by atoms with E-state index in [0.717, 1.165) is 32.0 Å². The average molecular weight is 548 g/mol. The van der Waals surface area contributed by atoms with Crippen molar-refractivity contribution in [1.29, 1.82) is 0 Å². The molecule has 1 amide bonds. The van der Waals surface area contributed by atoms with E-state index in [0.29, 0.717) is 31.7 Å². The van der Waals surface area contributed by atoms with Crippen molar-refractivity contribution in [3.05, 3.63) is 77.4 Å². The third-order valence-electron chi connectivity index (χ3n) is 6.67. The van der Waals surface area contributed by atoms with Gasteiger partial charge in [0.15, 0.2) is 0 Å². The topological polar surface area (TPSA) is 130 Å². The van der Waals surface area contributed by atoms with Crippen LogP contribution < -0.4 is 10.6 Å². The zero-order valence-electron chi connectivity index (χ0n) is 21.9. The van der Waals surface area contributed by atoms with Crippen LogP contribution in [0.1, 0.15) is 41.8 Å². The van der Waals surface area contributed by atoms with E-state index < -0.39 is 29.2 Å². The Morgan fingerprint density at radius 2 is 1.67 bits per heavy atom. The number of carboxylic acid groups (broad SMARTS) is 1. The summed E-state index contributed by atoms with van der Waals surface area (Å²) in [6.45, 7) is 5.60. The Bertz CT molecular complexity index is 1440. The number of nitrogens with two attached hydrogens (primary N) is 1. The third-order valence-corrected chi connectivity index (χ3v) is 7.46. The second-order valence-corrected chi connectivity index (χ2v) is 10.7. The van der Waals surface area contributed by atoms with Gasteiger partial charge in [0.25, 0.3) is 0 Å². The lowest BCUT2D eigenvalue weighted by atomic mass is 10.0. The monoisotopic (exact) mass is 547 g/mol. The summed E-state index contributed by atoms with van der Waals surface area (Å²) in [6.07, 6.45) is 0.234. The minimum atomic E-state index is -2.69. The molecule has 3 N–H and O–H groups in total. The van der Waals surface area contributed by atoms with Crippen LogP contribution in [0.4, 0.5) is 5.69 Å². The lowest BCUT2D eigenvalue weighted by Gasteiger charge is -2.44. The number of carbonyl (C=O) groups excluding carboxylic acids is 1. The Balaban J connectivity index is 1.43. The first-order chi connectivity index (χ1) is 18.6. The Labute approximate surface area is 230 Å². The molecule has 1 fully saturated rings. The number of nitrogens with zero attached hydrogens (tertiary/aromatic N) is 3. The molecule has 2 unspecified atom stereocenters. The van der Waals surface area contributed by atoms with E-state index in [2.05, 4.69) is 16.7 Å². The van der Waals surface area contributed by atoms with Crippen molar-refractivity contribution in [1.82, 2.24) is 9.42 Å². The molecule has 2 atom stereocenters. The number of amides is 1. The Hall–Kier alpha value is -3.75. The third kappa shape index (κ3) is 6.82. The fourth-order valence-electron chi connectivity index (χ4n) is 4.74. The molecule has 1 aliphatic rings. The molecule has 0 spiro atoms. The number of hydrazine groups is 1. The van der Waals surface area contributed by atoms with Crippen molar-refractivity contribution >= 4 is 39.6 Å². The highest BCUT2D eigenvalue weighted by Crippen LogP contribution is 2.22. The first-order valence-corrected chi connectivity index (χ1v) is 13.7. The van der Waals surface area contributed by atoms with Gasteiger partial charge in [0.05, 0.1) is 0 Å². The van der Waals surface area contributed by atoms with Gasteiger partial charge in [0.1, 0.15) is 6.04 Å². The predicted octanol–water partition coefficient (Wildman–Crippen LogP) is 2.97. The first-order valence-electron chi connectivity index (χ1n) is 12.7. The molecule has 9 nitrogen and oxygen atoms in total. The van der Waals surface area contributed by atoms with Crippen LogP contribution in [0.15, 0.2) is 60.7 Å². The van der Waals surface area contributed by atoms with Crippen LogP contribution in [0, 0.1) is 17.8 Å². The van der Waals surface area contributed by atoms with Crippen molar-refractivity contribution in [3.8, 4) is 11.8 Å². The summed E-state index contributed by atoms with van der Waals surface area (Å²) < 4.78 is 24.9. The van der Waals surface area contributed by atoms with Gasteiger partial charge in [-0.1, -0.05) is 43.9 Å². The summed E-state index contributed by atoms with van der Waals surface area (Å²) in [4.78, 5) is 25.7. The standard InChI is InChI=1S/C29H32N4O5S/c1-20(2)18-27(29(35)36)33(39(37)38)32-16-14-31(15-17-32)24-12-9-21(10-13-24)6-7-22-8-11-23-4-3-5-25(28(30)34)26(23)19-22/h3-5,8-13,19-20,27H,14-18H2,1-2H3,(H2,30,34)(H,35,36)(H,37,38)/p-1. The quantitative estimate of drug-likeness (QED) is 0.328. The SMILES string of the molecule is CC(C)CC(C(=O)O)N(N1CCN(c2ccc(C#Cc3ccc4cccc(C(N)=O)c4c3)cc2)CC1)S(=O)[O-]. The van der Waals surface area contributed by atoms with Crippen LogP contribution >= 0.6 is 0 Å². The number of primary amides is 1. The number of piperazine rings is 1. The molecule has 0 aliphatic carbocycles. The smallest absolute Gasteiger partial charge is 0.323 e. The number of benzene rings is 3. The second kappa shape index (κ2) is 12.4. The van der Waals surface area contributed by atoms with Crippen molar-refractivity contribution < 1.29 is 23.5 Å². The molecule has 1 saturated heterocycles. The van der Waals surface area contributed by atoms with Gasteiger partial charge in [-0.2, -0.15) is 4.41 Å². The van der Waals surface area contributed by atoms with E-state index in [4.69, 9.17) is 5.73 Å². The molecule has 0 bridgehead atoms. The molecule has 3 aromatic rings. The second-order valence-electron chi connectivity index (χ2n) is 9.85. The summed E-state index contributed by atoms with van der Waals surface area (Å²) in [5.74, 6) is 4.71. The lowest BCUT2D eigenvalue weighted by molar-refractivity contribution is -0.147. The number of hydrogen-bond acceptors (Lipinski definition) is 6. The first kappa shape index (κ1) is 28.3. The summed E-state index contributed by atoms with van der Waals surface area (Å²) in [5, 5.41) is 12.9. The van der Waals surface area contributed by atoms with Crippen LogP contribution in [0.5, 0.6) is 0 Å². The van der Waals surface area contributed by atoms with Crippen molar-refractivity contribution in [2.24, 2.45) is 11.7 Å². The molecule has 4 rings (SSSR count). The van der Waals surface area contributed by atoms with Gasteiger partial charge in [-0.15, -0.1) is 0 Å². The molecule has 1 aliphatic heterocycles. The maximum absolute atomic E-state index is 12.0. The van der Waals surface area contributed by atoms with Gasteiger partial charge in [0, 0.05) is 59.8 Å². The largest absolute Gasteiger partial charge is 0.759 e. The minimum absolute atomic E-state index is 0.0360. The van der Waals surface area contributed by atoms with E-state index in [1.165, 1.54) is 0 Å². The van der Waals surface area contributed by atoms with Gasteiger partial charge in [-0.3, -0.25) is 13.8 Å². The zero-order chi connectivity index (χ0) is 28.1. The summed E-state index contributed by atoms with van der Waals surface area (Å²) in [7, 11) is 0. The van der Waals surface area contributed by atoms with E-state index in [1.807, 2.05) is 62.4 Å². The highest BCUT2D eigenvalue weighted by Gasteiger charge is 2.33. The van der Waals surface area contributed by atoms with Crippen LogP contribution in [0.25, 0.3) is 10.8 Å². The van der Waals surface area contributed by atoms with E-state index in [9.17, 15) is 23.5 Å². The maximum atomic E-state index is 12.0.